The second-order valence-electron chi connectivity index (χ2n) is 3.14. The monoisotopic (exact) mass is 220 g/mol. The van der Waals surface area contributed by atoms with Crippen molar-refractivity contribution in [3.63, 3.8) is 0 Å². The zero-order valence-electron chi connectivity index (χ0n) is 8.86. The van der Waals surface area contributed by atoms with Crippen LogP contribution < -0.4 is 10.1 Å². The Labute approximate surface area is 93.3 Å². The van der Waals surface area contributed by atoms with Gasteiger partial charge >= 0.3 is 5.97 Å². The summed E-state index contributed by atoms with van der Waals surface area (Å²) in [6.07, 6.45) is 0. The van der Waals surface area contributed by atoms with Crippen molar-refractivity contribution in [1.29, 1.82) is 5.26 Å². The van der Waals surface area contributed by atoms with E-state index in [0.717, 1.165) is 5.56 Å². The summed E-state index contributed by atoms with van der Waals surface area (Å²) in [6.45, 7) is 0.304. The summed E-state index contributed by atoms with van der Waals surface area (Å²) in [4.78, 5) is 10.3. The van der Waals surface area contributed by atoms with Crippen LogP contribution in [-0.2, 0) is 11.3 Å². The number of ether oxygens (including phenoxy) is 1. The van der Waals surface area contributed by atoms with E-state index in [-0.39, 0.29) is 6.54 Å². The third-order valence-corrected chi connectivity index (χ3v) is 1.99. The molecule has 0 saturated carbocycles. The van der Waals surface area contributed by atoms with Crippen molar-refractivity contribution in [2.24, 2.45) is 0 Å². The minimum Gasteiger partial charge on any atom is -0.495 e. The van der Waals surface area contributed by atoms with Gasteiger partial charge in [-0.25, -0.2) is 0 Å². The number of benzene rings is 1. The Kier molecular flexibility index (Phi) is 4.30. The number of nitrogens with one attached hydrogen (secondary N) is 1. The highest BCUT2D eigenvalue weighted by Gasteiger charge is 2.03. The van der Waals surface area contributed by atoms with E-state index < -0.39 is 5.97 Å². The first-order valence-electron chi connectivity index (χ1n) is 4.67. The molecule has 0 heterocycles. The number of methoxy groups -OCH3 is 1. The molecule has 0 radical (unpaired) electrons. The molecule has 0 bridgehead atoms. The maximum absolute atomic E-state index is 10.3. The molecule has 16 heavy (non-hydrogen) atoms. The van der Waals surface area contributed by atoms with Crippen molar-refractivity contribution in [3.8, 4) is 11.8 Å². The standard InChI is InChI=1S/C11H12N2O3/c1-16-10-3-2-8(4-9(10)5-12)6-13-7-11(14)15/h2-4,13H,6-7H2,1H3,(H,14,15). The lowest BCUT2D eigenvalue weighted by atomic mass is 10.1. The third kappa shape index (κ3) is 3.26. The second kappa shape index (κ2) is 5.73. The van der Waals surface area contributed by atoms with Crippen LogP contribution in [0.3, 0.4) is 0 Å². The maximum Gasteiger partial charge on any atom is 0.317 e. The molecule has 1 aromatic carbocycles. The first kappa shape index (κ1) is 12.0. The molecule has 0 atom stereocenters. The summed E-state index contributed by atoms with van der Waals surface area (Å²) < 4.78 is 5.00. The molecule has 0 spiro atoms. The topological polar surface area (TPSA) is 82.3 Å². The Bertz CT molecular complexity index is 424. The van der Waals surface area contributed by atoms with Crippen molar-refractivity contribution in [2.75, 3.05) is 13.7 Å². The number of aliphatic carboxylic acids is 1. The van der Waals surface area contributed by atoms with Gasteiger partial charge in [-0.3, -0.25) is 4.79 Å². The van der Waals surface area contributed by atoms with Gasteiger partial charge in [0.15, 0.2) is 0 Å². The van der Waals surface area contributed by atoms with Gasteiger partial charge in [0.05, 0.1) is 19.2 Å². The van der Waals surface area contributed by atoms with Crippen molar-refractivity contribution < 1.29 is 14.6 Å². The predicted molar refractivity (Wildman–Crippen MR) is 57.1 cm³/mol. The highest BCUT2D eigenvalue weighted by molar-refractivity contribution is 5.69. The number of nitrogens with zero attached hydrogens (tertiary/aromatic N) is 1. The van der Waals surface area contributed by atoms with Crippen molar-refractivity contribution in [2.45, 2.75) is 6.54 Å². The van der Waals surface area contributed by atoms with Gasteiger partial charge < -0.3 is 15.2 Å². The van der Waals surface area contributed by atoms with Crippen LogP contribution in [-0.4, -0.2) is 24.7 Å². The van der Waals surface area contributed by atoms with Gasteiger partial charge in [-0.15, -0.1) is 0 Å². The molecule has 0 saturated heterocycles. The summed E-state index contributed by atoms with van der Waals surface area (Å²) in [6, 6.07) is 7.17. The van der Waals surface area contributed by atoms with Gasteiger partial charge in [-0.1, -0.05) is 6.07 Å². The molecule has 0 aliphatic heterocycles. The van der Waals surface area contributed by atoms with E-state index >= 15 is 0 Å². The number of hydrogen-bond donors (Lipinski definition) is 2. The predicted octanol–water partition coefficient (Wildman–Crippen LogP) is 0.741. The SMILES string of the molecule is COc1ccc(CNCC(=O)O)cc1C#N. The largest absolute Gasteiger partial charge is 0.495 e. The van der Waals surface area contributed by atoms with Crippen molar-refractivity contribution >= 4 is 5.97 Å². The highest BCUT2D eigenvalue weighted by Crippen LogP contribution is 2.18. The minimum absolute atomic E-state index is 0.103. The first-order valence-corrected chi connectivity index (χ1v) is 4.67. The van der Waals surface area contributed by atoms with E-state index in [1.807, 2.05) is 6.07 Å². The van der Waals surface area contributed by atoms with Gasteiger partial charge in [0, 0.05) is 6.54 Å². The Morgan fingerprint density at radius 1 is 1.62 bits per heavy atom. The molecule has 1 aromatic rings. The van der Waals surface area contributed by atoms with E-state index in [9.17, 15) is 4.79 Å². The molecule has 0 unspecified atom stereocenters. The lowest BCUT2D eigenvalue weighted by Gasteiger charge is -2.06. The summed E-state index contributed by atoms with van der Waals surface area (Å²) in [5, 5.41) is 20.0. The van der Waals surface area contributed by atoms with Crippen LogP contribution in [0.4, 0.5) is 0 Å². The van der Waals surface area contributed by atoms with E-state index in [1.54, 1.807) is 18.2 Å². The lowest BCUT2D eigenvalue weighted by molar-refractivity contribution is -0.135. The number of nitriles is 1. The molecule has 0 fully saturated rings. The molecular weight excluding hydrogens is 208 g/mol. The minimum atomic E-state index is -0.908. The maximum atomic E-state index is 10.3. The van der Waals surface area contributed by atoms with Crippen LogP contribution in [0.5, 0.6) is 5.75 Å². The van der Waals surface area contributed by atoms with Crippen LogP contribution >= 0.6 is 0 Å². The molecule has 5 nitrogen and oxygen atoms in total. The van der Waals surface area contributed by atoms with Gasteiger partial charge in [0.1, 0.15) is 11.8 Å². The average Bonchev–Trinajstić information content (AvgIpc) is 2.28. The molecule has 5 heteroatoms. The number of carbonyl (C=O) groups is 1. The van der Waals surface area contributed by atoms with Gasteiger partial charge in [-0.05, 0) is 17.7 Å². The fraction of sp³-hybridized carbons (Fsp3) is 0.273. The van der Waals surface area contributed by atoms with Crippen LogP contribution in [0.25, 0.3) is 0 Å². The normalized spacial score (nSPS) is 9.50. The van der Waals surface area contributed by atoms with E-state index in [4.69, 9.17) is 15.1 Å². The molecule has 84 valence electrons. The Hall–Kier alpha value is -2.06. The summed E-state index contributed by atoms with van der Waals surface area (Å²) >= 11 is 0. The molecule has 0 amide bonds. The zero-order chi connectivity index (χ0) is 12.0. The molecular formula is C11H12N2O3. The van der Waals surface area contributed by atoms with Crippen molar-refractivity contribution in [1.82, 2.24) is 5.32 Å². The summed E-state index contributed by atoms with van der Waals surface area (Å²) in [5.74, 6) is -0.390. The molecule has 2 N–H and O–H groups in total. The van der Waals surface area contributed by atoms with E-state index in [2.05, 4.69) is 5.32 Å². The van der Waals surface area contributed by atoms with Gasteiger partial charge in [-0.2, -0.15) is 5.26 Å². The van der Waals surface area contributed by atoms with Crippen LogP contribution in [0.2, 0.25) is 0 Å². The fourth-order valence-corrected chi connectivity index (χ4v) is 1.27. The number of hydrogen-bond acceptors (Lipinski definition) is 4. The fourth-order valence-electron chi connectivity index (χ4n) is 1.27. The Morgan fingerprint density at radius 3 is 2.94 bits per heavy atom. The molecule has 0 aliphatic carbocycles. The number of carboxylic acid groups (broad SMARTS) is 1. The lowest BCUT2D eigenvalue weighted by Crippen LogP contribution is -2.21. The molecule has 1 rings (SSSR count). The quantitative estimate of drug-likeness (QED) is 0.764. The second-order valence-corrected chi connectivity index (χ2v) is 3.14. The van der Waals surface area contributed by atoms with E-state index in [0.29, 0.717) is 17.9 Å². The Balaban J connectivity index is 2.69. The van der Waals surface area contributed by atoms with E-state index in [1.165, 1.54) is 7.11 Å². The van der Waals surface area contributed by atoms with Crippen molar-refractivity contribution in [3.05, 3.63) is 29.3 Å². The van der Waals surface area contributed by atoms with Crippen LogP contribution in [0.1, 0.15) is 11.1 Å². The smallest absolute Gasteiger partial charge is 0.317 e. The number of carboxylic acids is 1. The summed E-state index contributed by atoms with van der Waals surface area (Å²) in [5.41, 5.74) is 1.29. The molecule has 0 aromatic heterocycles. The average molecular weight is 220 g/mol. The third-order valence-electron chi connectivity index (χ3n) is 1.99. The van der Waals surface area contributed by atoms with Crippen LogP contribution in [0, 0.1) is 11.3 Å². The van der Waals surface area contributed by atoms with Gasteiger partial charge in [0.2, 0.25) is 0 Å². The first-order chi connectivity index (χ1) is 7.67. The number of rotatable bonds is 5. The summed E-state index contributed by atoms with van der Waals surface area (Å²) in [7, 11) is 1.50. The zero-order valence-corrected chi connectivity index (χ0v) is 8.86. The molecule has 0 aliphatic rings. The van der Waals surface area contributed by atoms with Gasteiger partial charge in [0.25, 0.3) is 0 Å². The Morgan fingerprint density at radius 2 is 2.38 bits per heavy atom. The highest BCUT2D eigenvalue weighted by atomic mass is 16.5. The van der Waals surface area contributed by atoms with Crippen LogP contribution in [0.15, 0.2) is 18.2 Å².